The van der Waals surface area contributed by atoms with E-state index in [1.165, 1.54) is 35.4 Å². The highest BCUT2D eigenvalue weighted by atomic mass is 19.4. The van der Waals surface area contributed by atoms with E-state index in [2.05, 4.69) is 20.2 Å². The van der Waals surface area contributed by atoms with Crippen LogP contribution >= 0.6 is 0 Å². The maximum absolute atomic E-state index is 14.0. The molecule has 1 saturated carbocycles. The van der Waals surface area contributed by atoms with Crippen molar-refractivity contribution in [2.75, 3.05) is 6.61 Å². The number of benzene rings is 1. The van der Waals surface area contributed by atoms with E-state index in [-0.39, 0.29) is 41.6 Å². The van der Waals surface area contributed by atoms with Crippen LogP contribution in [0.15, 0.2) is 43.0 Å². The SMILES string of the molecule is CC1C2CCC(COc3cnc(C(F)(F)F)cn3)(C2)N1C(=O)c1ccc(F)cc1-n1nccn1. The lowest BCUT2D eigenvalue weighted by Crippen LogP contribution is -2.55. The monoisotopic (exact) mass is 476 g/mol. The lowest BCUT2D eigenvalue weighted by Gasteiger charge is -2.42. The highest BCUT2D eigenvalue weighted by Gasteiger charge is 2.57. The molecule has 1 aromatic carbocycles. The molecular formula is C22H20F4N6O2. The summed E-state index contributed by atoms with van der Waals surface area (Å²) in [5.41, 5.74) is -1.32. The molecule has 1 aliphatic carbocycles. The highest BCUT2D eigenvalue weighted by molar-refractivity contribution is 5.98. The fourth-order valence-corrected chi connectivity index (χ4v) is 5.09. The number of nitrogens with zero attached hydrogens (tertiary/aromatic N) is 6. The summed E-state index contributed by atoms with van der Waals surface area (Å²) in [6.07, 6.45) is 2.06. The van der Waals surface area contributed by atoms with Gasteiger partial charge in [-0.3, -0.25) is 4.79 Å². The number of hydrogen-bond acceptors (Lipinski definition) is 6. The van der Waals surface area contributed by atoms with E-state index < -0.39 is 23.2 Å². The molecule has 1 amide bonds. The van der Waals surface area contributed by atoms with E-state index in [0.717, 1.165) is 12.6 Å². The molecule has 8 nitrogen and oxygen atoms in total. The summed E-state index contributed by atoms with van der Waals surface area (Å²) < 4.78 is 58.0. The zero-order chi connectivity index (χ0) is 24.1. The second kappa shape index (κ2) is 8.03. The minimum atomic E-state index is -4.59. The molecule has 1 saturated heterocycles. The number of hydrogen-bond donors (Lipinski definition) is 0. The molecule has 178 valence electrons. The molecule has 34 heavy (non-hydrogen) atoms. The van der Waals surface area contributed by atoms with Gasteiger partial charge < -0.3 is 9.64 Å². The molecule has 3 aromatic rings. The quantitative estimate of drug-likeness (QED) is 0.523. The van der Waals surface area contributed by atoms with Gasteiger partial charge in [-0.05, 0) is 44.2 Å². The van der Waals surface area contributed by atoms with Crippen LogP contribution in [0.2, 0.25) is 0 Å². The van der Waals surface area contributed by atoms with Gasteiger partial charge in [-0.2, -0.15) is 28.2 Å². The second-order valence-electron chi connectivity index (χ2n) is 8.65. The van der Waals surface area contributed by atoms with Crippen LogP contribution in [-0.2, 0) is 6.18 Å². The molecule has 2 fully saturated rings. The zero-order valence-corrected chi connectivity index (χ0v) is 18.0. The third-order valence-corrected chi connectivity index (χ3v) is 6.67. The van der Waals surface area contributed by atoms with Crippen molar-refractivity contribution in [2.45, 2.75) is 43.9 Å². The Balaban J connectivity index is 1.42. The third-order valence-electron chi connectivity index (χ3n) is 6.67. The van der Waals surface area contributed by atoms with Gasteiger partial charge in [-0.1, -0.05) is 0 Å². The Kier molecular flexibility index (Phi) is 5.25. The summed E-state index contributed by atoms with van der Waals surface area (Å²) >= 11 is 0. The van der Waals surface area contributed by atoms with Crippen molar-refractivity contribution in [1.82, 2.24) is 29.9 Å². The smallest absolute Gasteiger partial charge is 0.434 e. The van der Waals surface area contributed by atoms with Gasteiger partial charge in [0.05, 0.1) is 35.9 Å². The Morgan fingerprint density at radius 2 is 1.97 bits per heavy atom. The number of piperidine rings is 1. The second-order valence-corrected chi connectivity index (χ2v) is 8.65. The number of likely N-dealkylation sites (tertiary alicyclic amines) is 1. The molecule has 0 N–H and O–H groups in total. The maximum Gasteiger partial charge on any atom is 0.434 e. The summed E-state index contributed by atoms with van der Waals surface area (Å²) in [6, 6.07) is 3.71. The van der Waals surface area contributed by atoms with Gasteiger partial charge in [-0.15, -0.1) is 0 Å². The van der Waals surface area contributed by atoms with Crippen molar-refractivity contribution < 1.29 is 27.1 Å². The standard InChI is InChI=1S/C22H20F4N6O2/c1-13-14-4-5-21(9-14,12-34-19-11-27-18(10-28-19)22(24,25)26)31(13)20(33)16-3-2-15(23)8-17(16)32-29-6-7-30-32/h2-3,6-8,10-11,13-14H,4-5,9,12H2,1H3. The Hall–Kier alpha value is -3.57. The first-order valence-electron chi connectivity index (χ1n) is 10.7. The Labute approximate surface area is 191 Å². The molecule has 5 rings (SSSR count). The Morgan fingerprint density at radius 3 is 2.65 bits per heavy atom. The lowest BCUT2D eigenvalue weighted by atomic mass is 9.94. The molecule has 3 unspecified atom stereocenters. The van der Waals surface area contributed by atoms with Gasteiger partial charge in [0, 0.05) is 12.1 Å². The average Bonchev–Trinajstić information content (AvgIpc) is 3.53. The van der Waals surface area contributed by atoms with E-state index >= 15 is 0 Å². The summed E-state index contributed by atoms with van der Waals surface area (Å²) in [5, 5.41) is 8.06. The van der Waals surface area contributed by atoms with Crippen LogP contribution in [-0.4, -0.2) is 54.0 Å². The number of ether oxygens (including phenoxy) is 1. The van der Waals surface area contributed by atoms with Crippen LogP contribution in [0, 0.1) is 11.7 Å². The first-order valence-corrected chi connectivity index (χ1v) is 10.7. The molecule has 12 heteroatoms. The minimum absolute atomic E-state index is 0.0518. The molecule has 2 aromatic heterocycles. The third kappa shape index (κ3) is 3.76. The number of halogens is 4. The molecule has 3 heterocycles. The number of aromatic nitrogens is 5. The van der Waals surface area contributed by atoms with Gasteiger partial charge >= 0.3 is 6.18 Å². The van der Waals surface area contributed by atoms with Crippen LogP contribution < -0.4 is 4.74 Å². The van der Waals surface area contributed by atoms with Crippen molar-refractivity contribution in [2.24, 2.45) is 5.92 Å². The molecular weight excluding hydrogens is 456 g/mol. The van der Waals surface area contributed by atoms with Crippen molar-refractivity contribution in [1.29, 1.82) is 0 Å². The average molecular weight is 476 g/mol. The Morgan fingerprint density at radius 1 is 1.21 bits per heavy atom. The number of amides is 1. The van der Waals surface area contributed by atoms with Gasteiger partial charge in [0.25, 0.3) is 5.91 Å². The van der Waals surface area contributed by atoms with Crippen LogP contribution in [0.3, 0.4) is 0 Å². The molecule has 2 aliphatic rings. The Bertz CT molecular complexity index is 1200. The largest absolute Gasteiger partial charge is 0.474 e. The summed E-state index contributed by atoms with van der Waals surface area (Å²) in [7, 11) is 0. The number of carbonyl (C=O) groups is 1. The first kappa shape index (κ1) is 22.2. The minimum Gasteiger partial charge on any atom is -0.474 e. The number of fused-ring (bicyclic) bond motifs is 2. The van der Waals surface area contributed by atoms with E-state index in [4.69, 9.17) is 4.74 Å². The van der Waals surface area contributed by atoms with Crippen molar-refractivity contribution >= 4 is 5.91 Å². The fraction of sp³-hybridized carbons (Fsp3) is 0.409. The van der Waals surface area contributed by atoms with E-state index in [1.807, 2.05) is 6.92 Å². The van der Waals surface area contributed by atoms with Crippen LogP contribution in [0.1, 0.15) is 42.2 Å². The molecule has 3 atom stereocenters. The summed E-state index contributed by atoms with van der Waals surface area (Å²) in [4.78, 5) is 23.8. The van der Waals surface area contributed by atoms with Crippen molar-refractivity contribution in [3.05, 3.63) is 60.1 Å². The topological polar surface area (TPSA) is 86.0 Å². The van der Waals surface area contributed by atoms with Crippen LogP contribution in [0.5, 0.6) is 5.88 Å². The highest BCUT2D eigenvalue weighted by Crippen LogP contribution is 2.51. The summed E-state index contributed by atoms with van der Waals surface area (Å²) in [6.45, 7) is 2.01. The predicted molar refractivity (Wildman–Crippen MR) is 110 cm³/mol. The molecule has 0 radical (unpaired) electrons. The lowest BCUT2D eigenvalue weighted by molar-refractivity contribution is -0.141. The van der Waals surface area contributed by atoms with Crippen LogP contribution in [0.4, 0.5) is 17.6 Å². The van der Waals surface area contributed by atoms with Crippen LogP contribution in [0.25, 0.3) is 5.69 Å². The molecule has 1 aliphatic heterocycles. The first-order chi connectivity index (χ1) is 16.2. The zero-order valence-electron chi connectivity index (χ0n) is 18.0. The number of carbonyl (C=O) groups excluding carboxylic acids is 1. The van der Waals surface area contributed by atoms with Gasteiger partial charge in [0.1, 0.15) is 18.1 Å². The van der Waals surface area contributed by atoms with Crippen molar-refractivity contribution in [3.63, 3.8) is 0 Å². The van der Waals surface area contributed by atoms with Gasteiger partial charge in [0.2, 0.25) is 5.88 Å². The summed E-state index contributed by atoms with van der Waals surface area (Å²) in [5.74, 6) is -0.651. The van der Waals surface area contributed by atoms with E-state index in [1.54, 1.807) is 4.90 Å². The maximum atomic E-state index is 14.0. The van der Waals surface area contributed by atoms with E-state index in [9.17, 15) is 22.4 Å². The molecule has 2 bridgehead atoms. The van der Waals surface area contributed by atoms with E-state index in [0.29, 0.717) is 19.0 Å². The number of alkyl halides is 3. The van der Waals surface area contributed by atoms with Gasteiger partial charge in [-0.25, -0.2) is 14.4 Å². The van der Waals surface area contributed by atoms with Crippen molar-refractivity contribution in [3.8, 4) is 11.6 Å². The van der Waals surface area contributed by atoms with Gasteiger partial charge in [0.15, 0.2) is 5.69 Å². The normalized spacial score (nSPS) is 24.0. The molecule has 0 spiro atoms. The fourth-order valence-electron chi connectivity index (χ4n) is 5.09. The predicted octanol–water partition coefficient (Wildman–Crippen LogP) is 3.68. The number of rotatable bonds is 5.